The molecule has 0 aromatic rings. The summed E-state index contributed by atoms with van der Waals surface area (Å²) in [5.74, 6) is -6.24. The summed E-state index contributed by atoms with van der Waals surface area (Å²) >= 11 is 0. The Bertz CT molecular complexity index is 990. The van der Waals surface area contributed by atoms with E-state index in [0.717, 1.165) is 6.92 Å². The number of likely N-dealkylation sites (N-methyl/N-ethyl adjacent to an activating group) is 1. The van der Waals surface area contributed by atoms with Crippen molar-refractivity contribution >= 4 is 17.5 Å². The number of hydrogen-bond acceptors (Lipinski definition) is 11. The van der Waals surface area contributed by atoms with Gasteiger partial charge in [-0.25, -0.2) is 4.39 Å². The van der Waals surface area contributed by atoms with E-state index in [4.69, 9.17) is 23.7 Å². The third-order valence-electron chi connectivity index (χ3n) is 9.52. The maximum absolute atomic E-state index is 16.5. The maximum Gasteiger partial charge on any atom is 0.316 e. The fourth-order valence-corrected chi connectivity index (χ4v) is 6.70. The van der Waals surface area contributed by atoms with Crippen molar-refractivity contribution in [1.29, 1.82) is 0 Å². The fourth-order valence-electron chi connectivity index (χ4n) is 6.70. The van der Waals surface area contributed by atoms with E-state index >= 15 is 4.39 Å². The van der Waals surface area contributed by atoms with Gasteiger partial charge in [-0.05, 0) is 61.6 Å². The smallest absolute Gasteiger partial charge is 0.316 e. The molecule has 2 N–H and O–H groups in total. The molecule has 0 aromatic carbocycles. The van der Waals surface area contributed by atoms with Crippen molar-refractivity contribution in [3.05, 3.63) is 0 Å². The Labute approximate surface area is 255 Å². The van der Waals surface area contributed by atoms with Crippen molar-refractivity contribution in [2.75, 3.05) is 28.3 Å². The van der Waals surface area contributed by atoms with E-state index in [-0.39, 0.29) is 18.6 Å². The number of carbonyl (C=O) groups is 3. The summed E-state index contributed by atoms with van der Waals surface area (Å²) in [5, 5.41) is 22.3. The highest BCUT2D eigenvalue weighted by molar-refractivity contribution is 6.00. The van der Waals surface area contributed by atoms with Gasteiger partial charge < -0.3 is 38.8 Å². The highest BCUT2D eigenvalue weighted by Gasteiger charge is 2.55. The number of alkyl halides is 1. The first-order valence-electron chi connectivity index (χ1n) is 15.1. The van der Waals surface area contributed by atoms with Gasteiger partial charge in [-0.2, -0.15) is 0 Å². The molecule has 0 amide bonds. The summed E-state index contributed by atoms with van der Waals surface area (Å²) in [5.41, 5.74) is -6.32. The second-order valence-corrected chi connectivity index (χ2v) is 13.3. The first kappa shape index (κ1) is 37.6. The van der Waals surface area contributed by atoms with Gasteiger partial charge in [0.1, 0.15) is 23.7 Å². The summed E-state index contributed by atoms with van der Waals surface area (Å²) in [6.07, 6.45) is -5.97. The molecule has 0 aromatic heterocycles. The largest absolute Gasteiger partial charge is 0.459 e. The molecule has 3 unspecified atom stereocenters. The molecule has 0 spiro atoms. The molecular weight excluding hydrogens is 565 g/mol. The molecule has 2 rings (SSSR count). The lowest BCUT2D eigenvalue weighted by Gasteiger charge is -2.48. The number of aliphatic hydroxyl groups excluding tert-OH is 1. The van der Waals surface area contributed by atoms with Crippen LogP contribution in [0.15, 0.2) is 0 Å². The highest BCUT2D eigenvalue weighted by Crippen LogP contribution is 2.40. The maximum atomic E-state index is 16.5. The zero-order chi connectivity index (χ0) is 33.2. The number of esters is 1. The van der Waals surface area contributed by atoms with Gasteiger partial charge in [-0.1, -0.05) is 20.8 Å². The van der Waals surface area contributed by atoms with E-state index in [9.17, 15) is 24.6 Å². The molecule has 250 valence electrons. The molecule has 0 saturated carbocycles. The Morgan fingerprint density at radius 3 is 2.12 bits per heavy atom. The minimum Gasteiger partial charge on any atom is -0.459 e. The van der Waals surface area contributed by atoms with Crippen LogP contribution in [0.25, 0.3) is 0 Å². The van der Waals surface area contributed by atoms with Gasteiger partial charge in [0.25, 0.3) is 0 Å². The second-order valence-electron chi connectivity index (χ2n) is 13.3. The Kier molecular flexibility index (Phi) is 12.5. The van der Waals surface area contributed by atoms with Crippen molar-refractivity contribution in [1.82, 2.24) is 4.90 Å². The van der Waals surface area contributed by atoms with Gasteiger partial charge in [0.2, 0.25) is 0 Å². The third-order valence-corrected chi connectivity index (χ3v) is 9.52. The molecule has 2 fully saturated rings. The first-order valence-corrected chi connectivity index (χ1v) is 15.1. The van der Waals surface area contributed by atoms with Crippen LogP contribution in [0.2, 0.25) is 0 Å². The molecular formula is C31H54FNO10. The standard InChI is InChI=1S/C31H54FNO10/c1-13-21-31(8,38)25(36)19(5)24(35)29(6,32)15-30(7,40-12)26(17(3)22(34)18(4)27(37)42-21)43-28-23(39-11)20(33(9)10)14-16(2)41-28/h16-21,23,25-26,28,36,38H,13-15H2,1-12H3/t16-,17+,18?,19?,20+,21-,23-,25-,26-,28+,29?,30-,31-/m1/s1. The molecule has 2 saturated heterocycles. The molecule has 11 nitrogen and oxygen atoms in total. The normalized spacial score (nSPS) is 46.0. The fraction of sp³-hybridized carbons (Fsp3) is 0.903. The average molecular weight is 620 g/mol. The van der Waals surface area contributed by atoms with Crippen LogP contribution >= 0.6 is 0 Å². The molecule has 2 aliphatic rings. The number of aliphatic hydroxyl groups is 2. The number of carbonyl (C=O) groups excluding carboxylic acids is 3. The van der Waals surface area contributed by atoms with Crippen LogP contribution in [0.4, 0.5) is 4.39 Å². The summed E-state index contributed by atoms with van der Waals surface area (Å²) < 4.78 is 46.4. The minimum atomic E-state index is -2.59. The van der Waals surface area contributed by atoms with Gasteiger partial charge in [-0.3, -0.25) is 14.4 Å². The van der Waals surface area contributed by atoms with Crippen LogP contribution in [0.1, 0.15) is 74.7 Å². The van der Waals surface area contributed by atoms with Gasteiger partial charge in [0.05, 0.1) is 23.9 Å². The third kappa shape index (κ3) is 7.82. The number of rotatable bonds is 6. The molecule has 13 atom stereocenters. The number of ether oxygens (including phenoxy) is 5. The number of halogens is 1. The zero-order valence-corrected chi connectivity index (χ0v) is 27.9. The second kappa shape index (κ2) is 14.3. The number of methoxy groups -OCH3 is 2. The molecule has 12 heteroatoms. The van der Waals surface area contributed by atoms with E-state index in [1.807, 2.05) is 25.9 Å². The lowest BCUT2D eigenvalue weighted by Crippen LogP contribution is -2.61. The molecule has 2 aliphatic heterocycles. The molecule has 0 aliphatic carbocycles. The van der Waals surface area contributed by atoms with Gasteiger partial charge in [0, 0.05) is 38.5 Å². The first-order chi connectivity index (χ1) is 19.7. The lowest BCUT2D eigenvalue weighted by atomic mass is 9.73. The van der Waals surface area contributed by atoms with Crippen molar-refractivity contribution in [2.24, 2.45) is 17.8 Å². The van der Waals surface area contributed by atoms with Crippen molar-refractivity contribution in [2.45, 2.75) is 134 Å². The van der Waals surface area contributed by atoms with E-state index in [1.54, 1.807) is 13.8 Å². The molecule has 43 heavy (non-hydrogen) atoms. The van der Waals surface area contributed by atoms with Crippen LogP contribution in [0.3, 0.4) is 0 Å². The quantitative estimate of drug-likeness (QED) is 0.335. The van der Waals surface area contributed by atoms with E-state index in [2.05, 4.69) is 0 Å². The average Bonchev–Trinajstić information content (AvgIpc) is 2.94. The zero-order valence-electron chi connectivity index (χ0n) is 27.9. The van der Waals surface area contributed by atoms with Crippen molar-refractivity contribution in [3.8, 4) is 0 Å². The molecule has 0 bridgehead atoms. The Balaban J connectivity index is 2.70. The minimum absolute atomic E-state index is 0.0657. The Morgan fingerprint density at radius 1 is 1.05 bits per heavy atom. The number of ketones is 2. The van der Waals surface area contributed by atoms with Gasteiger partial charge >= 0.3 is 5.97 Å². The van der Waals surface area contributed by atoms with Crippen LogP contribution < -0.4 is 0 Å². The molecule has 0 radical (unpaired) electrons. The van der Waals surface area contributed by atoms with E-state index < -0.39 is 89.3 Å². The number of nitrogens with zero attached hydrogens (tertiary/aromatic N) is 1. The van der Waals surface area contributed by atoms with Gasteiger partial charge in [-0.15, -0.1) is 0 Å². The van der Waals surface area contributed by atoms with Crippen LogP contribution in [-0.4, -0.2) is 121 Å². The number of Topliss-reactive ketones (excluding diaryl/α,β-unsaturated/α-hetero) is 2. The van der Waals surface area contributed by atoms with Crippen LogP contribution in [0.5, 0.6) is 0 Å². The summed E-state index contributed by atoms with van der Waals surface area (Å²) in [6.45, 7) is 11.6. The van der Waals surface area contributed by atoms with Crippen LogP contribution in [0, 0.1) is 17.8 Å². The monoisotopic (exact) mass is 619 g/mol. The highest BCUT2D eigenvalue weighted by atomic mass is 19.1. The number of cyclic esters (lactones) is 1. The topological polar surface area (TPSA) is 141 Å². The van der Waals surface area contributed by atoms with Gasteiger partial charge in [0.15, 0.2) is 23.5 Å². The predicted molar refractivity (Wildman–Crippen MR) is 156 cm³/mol. The van der Waals surface area contributed by atoms with Crippen molar-refractivity contribution in [3.63, 3.8) is 0 Å². The summed E-state index contributed by atoms with van der Waals surface area (Å²) in [7, 11) is 6.66. The predicted octanol–water partition coefficient (Wildman–Crippen LogP) is 2.47. The number of hydrogen-bond donors (Lipinski definition) is 2. The van der Waals surface area contributed by atoms with Crippen molar-refractivity contribution < 1.29 is 52.7 Å². The lowest BCUT2D eigenvalue weighted by molar-refractivity contribution is -0.300. The van der Waals surface area contributed by atoms with E-state index in [1.165, 1.54) is 41.9 Å². The molecule has 2 heterocycles. The SMILES string of the molecule is CC[C@H]1OC(=O)C(C)C(=O)[C@H](C)[C@@H](O[C@@H]2O[C@H](C)C[C@H](N(C)C)[C@H]2OC)[C@](C)(OC)CC(C)(F)C(=O)C(C)[C@@H](O)[C@]1(C)O. The van der Waals surface area contributed by atoms with Crippen LogP contribution in [-0.2, 0) is 38.1 Å². The van der Waals surface area contributed by atoms with E-state index in [0.29, 0.717) is 6.42 Å². The summed E-state index contributed by atoms with van der Waals surface area (Å²) in [6, 6.07) is -0.111. The summed E-state index contributed by atoms with van der Waals surface area (Å²) in [4.78, 5) is 42.7. The Morgan fingerprint density at radius 2 is 1.63 bits per heavy atom. The Hall–Kier alpha value is -1.54.